The molecule has 172 valence electrons. The highest BCUT2D eigenvalue weighted by atomic mass is 16.2. The number of benzene rings is 2. The molecule has 2 aromatic carbocycles. The molecule has 3 rings (SSSR count). The van der Waals surface area contributed by atoms with E-state index in [1.54, 1.807) is 6.07 Å². The number of nitrogens with one attached hydrogen (secondary N) is 2. The van der Waals surface area contributed by atoms with Gasteiger partial charge in [-0.05, 0) is 62.5 Å². The molecule has 1 unspecified atom stereocenters. The van der Waals surface area contributed by atoms with Crippen LogP contribution < -0.4 is 10.6 Å². The third-order valence-electron chi connectivity index (χ3n) is 6.15. The van der Waals surface area contributed by atoms with E-state index in [4.69, 9.17) is 0 Å². The van der Waals surface area contributed by atoms with E-state index in [1.165, 1.54) is 12.0 Å². The first-order valence-corrected chi connectivity index (χ1v) is 11.8. The molecule has 0 spiro atoms. The maximum atomic E-state index is 12.8. The van der Waals surface area contributed by atoms with Gasteiger partial charge in [-0.3, -0.25) is 9.69 Å². The zero-order valence-corrected chi connectivity index (χ0v) is 19.3. The van der Waals surface area contributed by atoms with Gasteiger partial charge in [0.1, 0.15) is 0 Å². The fraction of sp³-hybridized carbons (Fsp3) is 0.462. The minimum absolute atomic E-state index is 0.0400. The van der Waals surface area contributed by atoms with E-state index in [0.717, 1.165) is 45.4 Å². The summed E-state index contributed by atoms with van der Waals surface area (Å²) in [5.41, 5.74) is 2.51. The monoisotopic (exact) mass is 436 g/mol. The van der Waals surface area contributed by atoms with E-state index in [9.17, 15) is 9.59 Å². The molecule has 6 heteroatoms. The molecular weight excluding hydrogens is 400 g/mol. The van der Waals surface area contributed by atoms with Gasteiger partial charge in [-0.15, -0.1) is 0 Å². The van der Waals surface area contributed by atoms with Crippen molar-refractivity contribution in [3.63, 3.8) is 0 Å². The summed E-state index contributed by atoms with van der Waals surface area (Å²) in [6.07, 6.45) is 4.18. The van der Waals surface area contributed by atoms with Crippen LogP contribution in [0.15, 0.2) is 54.6 Å². The highest BCUT2D eigenvalue weighted by molar-refractivity contribution is 5.97. The molecule has 1 fully saturated rings. The van der Waals surface area contributed by atoms with Crippen LogP contribution in [0.2, 0.25) is 0 Å². The number of likely N-dealkylation sites (N-methyl/N-ethyl adjacent to an activating group) is 1. The molecule has 0 saturated carbocycles. The van der Waals surface area contributed by atoms with Crippen molar-refractivity contribution < 1.29 is 9.59 Å². The molecule has 0 aliphatic carbocycles. The highest BCUT2D eigenvalue weighted by Gasteiger charge is 2.19. The number of carbonyl (C=O) groups excluding carboxylic acids is 2. The number of piperidine rings is 1. The summed E-state index contributed by atoms with van der Waals surface area (Å²) in [6, 6.07) is 17.6. The van der Waals surface area contributed by atoms with Crippen LogP contribution in [0.5, 0.6) is 0 Å². The fourth-order valence-electron chi connectivity index (χ4n) is 4.35. The summed E-state index contributed by atoms with van der Waals surface area (Å²) in [4.78, 5) is 29.6. The molecule has 32 heavy (non-hydrogen) atoms. The second-order valence-corrected chi connectivity index (χ2v) is 8.33. The molecule has 2 N–H and O–H groups in total. The van der Waals surface area contributed by atoms with E-state index >= 15 is 0 Å². The van der Waals surface area contributed by atoms with Crippen LogP contribution in [0.4, 0.5) is 10.5 Å². The van der Waals surface area contributed by atoms with Crippen LogP contribution in [0.3, 0.4) is 0 Å². The Hall–Kier alpha value is -2.86. The van der Waals surface area contributed by atoms with Crippen molar-refractivity contribution in [1.82, 2.24) is 15.1 Å². The van der Waals surface area contributed by atoms with E-state index < -0.39 is 0 Å². The molecule has 0 bridgehead atoms. The topological polar surface area (TPSA) is 64.7 Å². The Labute approximate surface area is 192 Å². The molecule has 1 saturated heterocycles. The average molecular weight is 437 g/mol. The molecule has 2 aromatic rings. The lowest BCUT2D eigenvalue weighted by atomic mass is 10.0. The van der Waals surface area contributed by atoms with Crippen LogP contribution in [0.1, 0.15) is 49.0 Å². The fourth-order valence-corrected chi connectivity index (χ4v) is 4.35. The number of rotatable bonds is 9. The Bertz CT molecular complexity index is 861. The predicted molar refractivity (Wildman–Crippen MR) is 130 cm³/mol. The van der Waals surface area contributed by atoms with Gasteiger partial charge in [0.2, 0.25) is 0 Å². The molecular formula is C26H36N4O2. The number of hydrogen-bond acceptors (Lipinski definition) is 3. The molecule has 1 aliphatic heterocycles. The van der Waals surface area contributed by atoms with Gasteiger partial charge in [-0.1, -0.05) is 50.2 Å². The largest absolute Gasteiger partial charge is 0.339 e. The zero-order chi connectivity index (χ0) is 22.8. The summed E-state index contributed by atoms with van der Waals surface area (Å²) in [5, 5.41) is 5.92. The Balaban J connectivity index is 1.58. The van der Waals surface area contributed by atoms with E-state index in [0.29, 0.717) is 17.8 Å². The van der Waals surface area contributed by atoms with Gasteiger partial charge < -0.3 is 15.5 Å². The minimum atomic E-state index is -0.252. The standard InChI is InChI=1S/C26H36N4O2/c1-3-29(4-2)24(18-21-12-7-5-8-13-21)20-27-26(32)28-23-15-11-14-22(19-23)25(31)30-16-9-6-10-17-30/h5,7-8,11-15,19,24H,3-4,6,9-10,16-18,20H2,1-2H3,(H2,27,28,32). The Morgan fingerprint density at radius 1 is 0.969 bits per heavy atom. The SMILES string of the molecule is CCN(CC)C(CNC(=O)Nc1cccc(C(=O)N2CCCCC2)c1)Cc1ccccc1. The summed E-state index contributed by atoms with van der Waals surface area (Å²) < 4.78 is 0. The van der Waals surface area contributed by atoms with Crippen LogP contribution in [-0.4, -0.2) is 60.5 Å². The molecule has 0 aromatic heterocycles. The van der Waals surface area contributed by atoms with Crippen LogP contribution in [-0.2, 0) is 6.42 Å². The van der Waals surface area contributed by atoms with Crippen LogP contribution in [0, 0.1) is 0 Å². The van der Waals surface area contributed by atoms with Crippen molar-refractivity contribution in [2.75, 3.05) is 38.0 Å². The predicted octanol–water partition coefficient (Wildman–Crippen LogP) is 4.39. The van der Waals surface area contributed by atoms with E-state index in [-0.39, 0.29) is 18.0 Å². The smallest absolute Gasteiger partial charge is 0.319 e. The number of amides is 3. The summed E-state index contributed by atoms with van der Waals surface area (Å²) in [7, 11) is 0. The Morgan fingerprint density at radius 2 is 1.69 bits per heavy atom. The van der Waals surface area contributed by atoms with Gasteiger partial charge in [0.05, 0.1) is 0 Å². The number of hydrogen-bond donors (Lipinski definition) is 2. The zero-order valence-electron chi connectivity index (χ0n) is 19.3. The molecule has 3 amide bonds. The minimum Gasteiger partial charge on any atom is -0.339 e. The average Bonchev–Trinajstić information content (AvgIpc) is 2.84. The number of likely N-dealkylation sites (tertiary alicyclic amines) is 1. The summed E-state index contributed by atoms with van der Waals surface area (Å²) in [5.74, 6) is 0.0400. The lowest BCUT2D eigenvalue weighted by Gasteiger charge is -2.30. The maximum Gasteiger partial charge on any atom is 0.319 e. The second-order valence-electron chi connectivity index (χ2n) is 8.33. The number of urea groups is 1. The third-order valence-corrected chi connectivity index (χ3v) is 6.15. The van der Waals surface area contributed by atoms with Crippen molar-refractivity contribution >= 4 is 17.6 Å². The van der Waals surface area contributed by atoms with Gasteiger partial charge in [0.15, 0.2) is 0 Å². The van der Waals surface area contributed by atoms with Gasteiger partial charge >= 0.3 is 6.03 Å². The van der Waals surface area contributed by atoms with E-state index in [1.807, 2.05) is 41.3 Å². The first kappa shape index (κ1) is 23.8. The highest BCUT2D eigenvalue weighted by Crippen LogP contribution is 2.16. The molecule has 1 atom stereocenters. The summed E-state index contributed by atoms with van der Waals surface area (Å²) in [6.45, 7) is 8.32. The lowest BCUT2D eigenvalue weighted by molar-refractivity contribution is 0.0724. The van der Waals surface area contributed by atoms with Crippen molar-refractivity contribution in [2.24, 2.45) is 0 Å². The van der Waals surface area contributed by atoms with E-state index in [2.05, 4.69) is 41.5 Å². The molecule has 0 radical (unpaired) electrons. The quantitative estimate of drug-likeness (QED) is 0.613. The lowest BCUT2D eigenvalue weighted by Crippen LogP contribution is -2.46. The van der Waals surface area contributed by atoms with Gasteiger partial charge in [-0.2, -0.15) is 0 Å². The van der Waals surface area contributed by atoms with Crippen molar-refractivity contribution in [1.29, 1.82) is 0 Å². The number of carbonyl (C=O) groups is 2. The van der Waals surface area contributed by atoms with Gasteiger partial charge in [0.25, 0.3) is 5.91 Å². The van der Waals surface area contributed by atoms with Gasteiger partial charge in [0, 0.05) is 36.9 Å². The van der Waals surface area contributed by atoms with Gasteiger partial charge in [-0.25, -0.2) is 4.79 Å². The summed E-state index contributed by atoms with van der Waals surface area (Å²) >= 11 is 0. The Kier molecular flexibility index (Phi) is 9.11. The Morgan fingerprint density at radius 3 is 2.38 bits per heavy atom. The normalized spacial score (nSPS) is 14.8. The van der Waals surface area contributed by atoms with Crippen LogP contribution >= 0.6 is 0 Å². The van der Waals surface area contributed by atoms with Crippen molar-refractivity contribution in [3.8, 4) is 0 Å². The van der Waals surface area contributed by atoms with Crippen LogP contribution in [0.25, 0.3) is 0 Å². The van der Waals surface area contributed by atoms with Crippen molar-refractivity contribution in [3.05, 3.63) is 65.7 Å². The molecule has 6 nitrogen and oxygen atoms in total. The number of anilines is 1. The maximum absolute atomic E-state index is 12.8. The third kappa shape index (κ3) is 6.82. The molecule has 1 heterocycles. The molecule has 1 aliphatic rings. The second kappa shape index (κ2) is 12.2. The number of nitrogens with zero attached hydrogens (tertiary/aromatic N) is 2. The first-order chi connectivity index (χ1) is 15.6. The first-order valence-electron chi connectivity index (χ1n) is 11.8. The van der Waals surface area contributed by atoms with Crippen molar-refractivity contribution in [2.45, 2.75) is 45.6 Å².